The number of benzene rings is 2. The maximum absolute atomic E-state index is 13.5. The van der Waals surface area contributed by atoms with Gasteiger partial charge in [-0.1, -0.05) is 29.8 Å². The standard InChI is InChI=1S/C17H17ClFN3O2S/c1-10-7-8-12(9-13(10)18)20-17(25)22-21-16(23)11(2)24-15-6-4-3-5-14(15)19/h3-9,11H,1-2H3,(H,21,23)(H2,20,22,25)/t11-/m1/s1. The van der Waals surface area contributed by atoms with E-state index in [4.69, 9.17) is 28.6 Å². The van der Waals surface area contributed by atoms with Gasteiger partial charge in [0.1, 0.15) is 0 Å². The van der Waals surface area contributed by atoms with E-state index >= 15 is 0 Å². The first-order valence-corrected chi connectivity index (χ1v) is 8.19. The first kappa shape index (κ1) is 19.0. The van der Waals surface area contributed by atoms with Gasteiger partial charge in [-0.2, -0.15) is 0 Å². The van der Waals surface area contributed by atoms with Crippen molar-refractivity contribution >= 4 is 40.5 Å². The van der Waals surface area contributed by atoms with Crippen LogP contribution < -0.4 is 20.9 Å². The van der Waals surface area contributed by atoms with E-state index in [0.717, 1.165) is 5.56 Å². The van der Waals surface area contributed by atoms with E-state index in [2.05, 4.69) is 16.2 Å². The first-order chi connectivity index (χ1) is 11.9. The normalized spacial score (nSPS) is 11.4. The molecule has 1 atom stereocenters. The molecule has 0 spiro atoms. The van der Waals surface area contributed by atoms with Gasteiger partial charge in [0.25, 0.3) is 5.91 Å². The summed E-state index contributed by atoms with van der Waals surface area (Å²) < 4.78 is 18.8. The van der Waals surface area contributed by atoms with Crippen molar-refractivity contribution in [2.45, 2.75) is 20.0 Å². The number of hydrogen-bond acceptors (Lipinski definition) is 3. The average molecular weight is 382 g/mol. The Morgan fingerprint density at radius 3 is 2.64 bits per heavy atom. The largest absolute Gasteiger partial charge is 0.478 e. The van der Waals surface area contributed by atoms with Gasteiger partial charge in [0.2, 0.25) is 0 Å². The van der Waals surface area contributed by atoms with Crippen LogP contribution in [0.15, 0.2) is 42.5 Å². The van der Waals surface area contributed by atoms with Gasteiger partial charge in [-0.15, -0.1) is 0 Å². The molecule has 2 aromatic rings. The number of para-hydroxylation sites is 1. The molecule has 132 valence electrons. The SMILES string of the molecule is Cc1ccc(NC(=S)NNC(=O)[C@@H](C)Oc2ccccc2F)cc1Cl. The number of amides is 1. The van der Waals surface area contributed by atoms with Gasteiger partial charge in [-0.25, -0.2) is 4.39 Å². The second kappa shape index (κ2) is 8.64. The molecule has 2 aromatic carbocycles. The molecule has 0 unspecified atom stereocenters. The Hall–Kier alpha value is -2.38. The second-order valence-corrected chi connectivity index (χ2v) is 6.04. The fraction of sp³-hybridized carbons (Fsp3) is 0.176. The van der Waals surface area contributed by atoms with Crippen molar-refractivity contribution in [1.82, 2.24) is 10.9 Å². The van der Waals surface area contributed by atoms with Crippen LogP contribution in [0.3, 0.4) is 0 Å². The molecule has 5 nitrogen and oxygen atoms in total. The highest BCUT2D eigenvalue weighted by atomic mass is 35.5. The first-order valence-electron chi connectivity index (χ1n) is 7.41. The Morgan fingerprint density at radius 1 is 1.24 bits per heavy atom. The molecule has 0 radical (unpaired) electrons. The number of thiocarbonyl (C=S) groups is 1. The lowest BCUT2D eigenvalue weighted by atomic mass is 10.2. The number of ether oxygens (including phenoxy) is 1. The predicted molar refractivity (Wildman–Crippen MR) is 100 cm³/mol. The number of hydrazine groups is 1. The predicted octanol–water partition coefficient (Wildman–Crippen LogP) is 3.57. The minimum atomic E-state index is -0.916. The number of anilines is 1. The third-order valence-corrected chi connectivity index (χ3v) is 3.85. The zero-order valence-electron chi connectivity index (χ0n) is 13.6. The summed E-state index contributed by atoms with van der Waals surface area (Å²) in [5.41, 5.74) is 6.57. The molecular formula is C17H17ClFN3O2S. The number of hydrogen-bond donors (Lipinski definition) is 3. The molecule has 0 aliphatic rings. The van der Waals surface area contributed by atoms with E-state index in [1.807, 2.05) is 13.0 Å². The van der Waals surface area contributed by atoms with E-state index in [9.17, 15) is 9.18 Å². The summed E-state index contributed by atoms with van der Waals surface area (Å²) in [6.07, 6.45) is -0.916. The lowest BCUT2D eigenvalue weighted by molar-refractivity contribution is -0.127. The van der Waals surface area contributed by atoms with Gasteiger partial charge in [0, 0.05) is 10.7 Å². The van der Waals surface area contributed by atoms with E-state index in [0.29, 0.717) is 10.7 Å². The molecule has 0 aromatic heterocycles. The third kappa shape index (κ3) is 5.58. The molecule has 3 N–H and O–H groups in total. The number of carbonyl (C=O) groups is 1. The van der Waals surface area contributed by atoms with Crippen LogP contribution in [-0.2, 0) is 4.79 Å². The summed E-state index contributed by atoms with van der Waals surface area (Å²) in [6.45, 7) is 3.39. The molecule has 8 heteroatoms. The van der Waals surface area contributed by atoms with Gasteiger partial charge >= 0.3 is 0 Å². The Morgan fingerprint density at radius 2 is 1.96 bits per heavy atom. The molecule has 0 fully saturated rings. The highest BCUT2D eigenvalue weighted by Crippen LogP contribution is 2.20. The molecule has 0 bridgehead atoms. The number of nitrogens with one attached hydrogen (secondary N) is 3. The Bertz CT molecular complexity index is 788. The summed E-state index contributed by atoms with van der Waals surface area (Å²) in [5.74, 6) is -1.04. The van der Waals surface area contributed by atoms with Crippen LogP contribution in [0.25, 0.3) is 0 Å². The Balaban J connectivity index is 1.83. The van der Waals surface area contributed by atoms with Gasteiger partial charge in [-0.05, 0) is 55.9 Å². The number of halogens is 2. The maximum atomic E-state index is 13.5. The van der Waals surface area contributed by atoms with Crippen molar-refractivity contribution in [1.29, 1.82) is 0 Å². The minimum Gasteiger partial charge on any atom is -0.478 e. The average Bonchev–Trinajstić information content (AvgIpc) is 2.58. The lowest BCUT2D eigenvalue weighted by Gasteiger charge is -2.17. The smallest absolute Gasteiger partial charge is 0.279 e. The van der Waals surface area contributed by atoms with E-state index in [-0.39, 0.29) is 10.9 Å². The van der Waals surface area contributed by atoms with Crippen molar-refractivity contribution in [2.75, 3.05) is 5.32 Å². The van der Waals surface area contributed by atoms with Gasteiger partial charge in [0.15, 0.2) is 22.8 Å². The van der Waals surface area contributed by atoms with Crippen molar-refractivity contribution in [2.24, 2.45) is 0 Å². The van der Waals surface area contributed by atoms with Crippen molar-refractivity contribution < 1.29 is 13.9 Å². The van der Waals surface area contributed by atoms with Crippen LogP contribution in [0.4, 0.5) is 10.1 Å². The summed E-state index contributed by atoms with van der Waals surface area (Å²) in [6, 6.07) is 11.2. The molecule has 0 saturated carbocycles. The zero-order chi connectivity index (χ0) is 18.4. The van der Waals surface area contributed by atoms with Crippen molar-refractivity contribution in [3.63, 3.8) is 0 Å². The molecule has 0 aliphatic heterocycles. The third-order valence-electron chi connectivity index (χ3n) is 3.24. The maximum Gasteiger partial charge on any atom is 0.279 e. The van der Waals surface area contributed by atoms with Gasteiger partial charge in [0.05, 0.1) is 0 Å². The zero-order valence-corrected chi connectivity index (χ0v) is 15.2. The van der Waals surface area contributed by atoms with E-state index in [1.165, 1.54) is 25.1 Å². The quantitative estimate of drug-likeness (QED) is 0.558. The van der Waals surface area contributed by atoms with Crippen LogP contribution in [0.2, 0.25) is 5.02 Å². The van der Waals surface area contributed by atoms with Crippen molar-refractivity contribution in [3.8, 4) is 5.75 Å². The molecule has 1 amide bonds. The van der Waals surface area contributed by atoms with Crippen molar-refractivity contribution in [3.05, 3.63) is 58.9 Å². The van der Waals surface area contributed by atoms with Crippen LogP contribution in [0, 0.1) is 12.7 Å². The monoisotopic (exact) mass is 381 g/mol. The summed E-state index contributed by atoms with van der Waals surface area (Å²) in [7, 11) is 0. The molecule has 0 saturated heterocycles. The fourth-order valence-corrected chi connectivity index (χ4v) is 2.19. The Kier molecular flexibility index (Phi) is 6.55. The number of aryl methyl sites for hydroxylation is 1. The number of rotatable bonds is 4. The van der Waals surface area contributed by atoms with Crippen LogP contribution in [0.5, 0.6) is 5.75 Å². The molecule has 2 rings (SSSR count). The second-order valence-electron chi connectivity index (χ2n) is 5.22. The highest BCUT2D eigenvalue weighted by molar-refractivity contribution is 7.80. The minimum absolute atomic E-state index is 0.000138. The van der Waals surface area contributed by atoms with Crippen LogP contribution in [-0.4, -0.2) is 17.1 Å². The number of carbonyl (C=O) groups excluding carboxylic acids is 1. The Labute approximate surface area is 155 Å². The van der Waals surface area contributed by atoms with Gasteiger partial charge < -0.3 is 10.1 Å². The van der Waals surface area contributed by atoms with Crippen LogP contribution >= 0.6 is 23.8 Å². The highest BCUT2D eigenvalue weighted by Gasteiger charge is 2.16. The topological polar surface area (TPSA) is 62.4 Å². The molecule has 0 heterocycles. The molecular weight excluding hydrogens is 365 g/mol. The summed E-state index contributed by atoms with van der Waals surface area (Å²) >= 11 is 11.1. The fourth-order valence-electron chi connectivity index (χ4n) is 1.84. The van der Waals surface area contributed by atoms with E-state index < -0.39 is 17.8 Å². The molecule has 25 heavy (non-hydrogen) atoms. The summed E-state index contributed by atoms with van der Waals surface area (Å²) in [4.78, 5) is 12.0. The van der Waals surface area contributed by atoms with Crippen LogP contribution in [0.1, 0.15) is 12.5 Å². The lowest BCUT2D eigenvalue weighted by Crippen LogP contribution is -2.48. The van der Waals surface area contributed by atoms with E-state index in [1.54, 1.807) is 18.2 Å². The molecule has 0 aliphatic carbocycles. The van der Waals surface area contributed by atoms with Gasteiger partial charge in [-0.3, -0.25) is 15.6 Å². The summed E-state index contributed by atoms with van der Waals surface area (Å²) in [5, 5.41) is 3.66.